The molecule has 0 saturated carbocycles. The first-order chi connectivity index (χ1) is 10.2. The first-order valence-corrected chi connectivity index (χ1v) is 6.73. The minimum Gasteiger partial charge on any atom is -0.444 e. The number of benzene rings is 1. The summed E-state index contributed by atoms with van der Waals surface area (Å²) in [4.78, 5) is 30.9. The Balaban J connectivity index is 2.20. The Morgan fingerprint density at radius 1 is 1.45 bits per heavy atom. The van der Waals surface area contributed by atoms with Crippen LogP contribution in [0.15, 0.2) is 18.2 Å². The molecule has 0 aliphatic rings. The number of carbonyl (C=O) groups excluding carboxylic acids is 1. The van der Waals surface area contributed by atoms with Crippen LogP contribution in [0.3, 0.4) is 0 Å². The summed E-state index contributed by atoms with van der Waals surface area (Å²) < 4.78 is 5.24. The summed E-state index contributed by atoms with van der Waals surface area (Å²) in [6.45, 7) is 5.51. The van der Waals surface area contributed by atoms with Crippen LogP contribution in [0.2, 0.25) is 0 Å². The van der Waals surface area contributed by atoms with Crippen molar-refractivity contribution in [2.75, 3.05) is 7.05 Å². The first-order valence-electron chi connectivity index (χ1n) is 6.73. The molecule has 1 aromatic heterocycles. The molecule has 1 amide bonds. The van der Waals surface area contributed by atoms with E-state index in [0.717, 1.165) is 0 Å². The normalized spacial score (nSPS) is 11.5. The number of aromatic amines is 1. The topological polar surface area (TPSA) is 101 Å². The molecule has 1 heterocycles. The molecule has 0 bridgehead atoms. The summed E-state index contributed by atoms with van der Waals surface area (Å²) in [5, 5.41) is 11.0. The Bertz CT molecular complexity index is 717. The van der Waals surface area contributed by atoms with Crippen molar-refractivity contribution in [1.29, 1.82) is 0 Å². The van der Waals surface area contributed by atoms with Crippen molar-refractivity contribution in [1.82, 2.24) is 14.9 Å². The number of nitro groups is 1. The van der Waals surface area contributed by atoms with Gasteiger partial charge in [0.2, 0.25) is 0 Å². The lowest BCUT2D eigenvalue weighted by Crippen LogP contribution is -2.34. The Kier molecular flexibility index (Phi) is 4.03. The largest absolute Gasteiger partial charge is 0.444 e. The Morgan fingerprint density at radius 3 is 2.73 bits per heavy atom. The summed E-state index contributed by atoms with van der Waals surface area (Å²) in [5.41, 5.74) is 0.180. The van der Waals surface area contributed by atoms with E-state index in [1.807, 2.05) is 0 Å². The van der Waals surface area contributed by atoms with E-state index in [2.05, 4.69) is 9.97 Å². The number of nitro benzene ring substituents is 1. The molecule has 0 fully saturated rings. The maximum Gasteiger partial charge on any atom is 0.410 e. The van der Waals surface area contributed by atoms with Gasteiger partial charge in [0, 0.05) is 13.1 Å². The second kappa shape index (κ2) is 5.63. The number of nitrogens with zero attached hydrogens (tertiary/aromatic N) is 3. The minimum absolute atomic E-state index is 0.0695. The summed E-state index contributed by atoms with van der Waals surface area (Å²) >= 11 is 0. The number of para-hydroxylation sites is 1. The van der Waals surface area contributed by atoms with Gasteiger partial charge in [-0.25, -0.2) is 9.78 Å². The van der Waals surface area contributed by atoms with Gasteiger partial charge >= 0.3 is 6.09 Å². The molecule has 0 spiro atoms. The molecule has 0 unspecified atom stereocenters. The molecular formula is C14H18N4O4. The smallest absolute Gasteiger partial charge is 0.410 e. The number of nitrogens with one attached hydrogen (secondary N) is 1. The number of carbonyl (C=O) groups is 1. The molecule has 0 aliphatic heterocycles. The fourth-order valence-electron chi connectivity index (χ4n) is 1.92. The predicted molar refractivity (Wildman–Crippen MR) is 80.4 cm³/mol. The quantitative estimate of drug-likeness (QED) is 0.694. The van der Waals surface area contributed by atoms with Gasteiger partial charge in [0.05, 0.1) is 17.0 Å². The number of ether oxygens (including phenoxy) is 1. The summed E-state index contributed by atoms with van der Waals surface area (Å²) in [6, 6.07) is 4.68. The first kappa shape index (κ1) is 15.7. The van der Waals surface area contributed by atoms with Crippen LogP contribution in [0.4, 0.5) is 10.5 Å². The van der Waals surface area contributed by atoms with Crippen LogP contribution in [0.5, 0.6) is 0 Å². The molecule has 22 heavy (non-hydrogen) atoms. The number of amides is 1. The molecule has 1 aromatic carbocycles. The van der Waals surface area contributed by atoms with Crippen molar-refractivity contribution < 1.29 is 14.5 Å². The van der Waals surface area contributed by atoms with Gasteiger partial charge < -0.3 is 14.6 Å². The zero-order valence-corrected chi connectivity index (χ0v) is 12.9. The Hall–Kier alpha value is -2.64. The van der Waals surface area contributed by atoms with Crippen LogP contribution in [-0.4, -0.2) is 38.5 Å². The molecule has 0 radical (unpaired) electrons. The molecule has 2 aromatic rings. The average Bonchev–Trinajstić information content (AvgIpc) is 2.78. The molecular weight excluding hydrogens is 288 g/mol. The zero-order valence-electron chi connectivity index (χ0n) is 12.9. The lowest BCUT2D eigenvalue weighted by molar-refractivity contribution is -0.383. The van der Waals surface area contributed by atoms with E-state index in [4.69, 9.17) is 4.74 Å². The number of imidazole rings is 1. The van der Waals surface area contributed by atoms with Crippen LogP contribution in [-0.2, 0) is 11.3 Å². The van der Waals surface area contributed by atoms with Crippen LogP contribution in [0.1, 0.15) is 26.6 Å². The van der Waals surface area contributed by atoms with E-state index in [1.165, 1.54) is 11.0 Å². The van der Waals surface area contributed by atoms with Gasteiger partial charge in [-0.3, -0.25) is 10.1 Å². The fourth-order valence-corrected chi connectivity index (χ4v) is 1.92. The molecule has 8 heteroatoms. The van der Waals surface area contributed by atoms with E-state index in [9.17, 15) is 14.9 Å². The standard InChI is InChI=1S/C14H18N4O4/c1-14(2,3)22-13(19)17(4)8-11-15-9-6-5-7-10(18(20)21)12(9)16-11/h5-7H,8H2,1-4H3,(H,15,16). The lowest BCUT2D eigenvalue weighted by Gasteiger charge is -2.24. The summed E-state index contributed by atoms with van der Waals surface area (Å²) in [5.74, 6) is 0.456. The van der Waals surface area contributed by atoms with Crippen molar-refractivity contribution in [3.8, 4) is 0 Å². The second-order valence-electron chi connectivity index (χ2n) is 5.95. The number of H-pyrrole nitrogens is 1. The SMILES string of the molecule is CN(Cc1nc2c([N+](=O)[O-])cccc2[nH]1)C(=O)OC(C)(C)C. The van der Waals surface area contributed by atoms with Gasteiger partial charge in [0.1, 0.15) is 11.4 Å². The van der Waals surface area contributed by atoms with Crippen LogP contribution in [0.25, 0.3) is 11.0 Å². The van der Waals surface area contributed by atoms with Gasteiger partial charge in [-0.15, -0.1) is 0 Å². The molecule has 0 saturated heterocycles. The van der Waals surface area contributed by atoms with Crippen LogP contribution < -0.4 is 0 Å². The summed E-state index contributed by atoms with van der Waals surface area (Å²) in [6.07, 6.45) is -0.484. The Morgan fingerprint density at radius 2 is 2.14 bits per heavy atom. The highest BCUT2D eigenvalue weighted by Gasteiger charge is 2.21. The Labute approximate surface area is 127 Å². The predicted octanol–water partition coefficient (Wildman–Crippen LogP) is 2.84. The number of hydrogen-bond donors (Lipinski definition) is 1. The van der Waals surface area contributed by atoms with Gasteiger partial charge in [-0.2, -0.15) is 0 Å². The minimum atomic E-state index is -0.585. The van der Waals surface area contributed by atoms with Gasteiger partial charge in [0.15, 0.2) is 5.52 Å². The molecule has 8 nitrogen and oxygen atoms in total. The van der Waals surface area contributed by atoms with Crippen LogP contribution >= 0.6 is 0 Å². The highest BCUT2D eigenvalue weighted by atomic mass is 16.6. The fraction of sp³-hybridized carbons (Fsp3) is 0.429. The third-order valence-electron chi connectivity index (χ3n) is 2.83. The third kappa shape index (κ3) is 3.51. The molecule has 0 aliphatic carbocycles. The number of hydrogen-bond acceptors (Lipinski definition) is 5. The van der Waals surface area contributed by atoms with E-state index in [1.54, 1.807) is 40.0 Å². The van der Waals surface area contributed by atoms with Crippen LogP contribution in [0, 0.1) is 10.1 Å². The van der Waals surface area contributed by atoms with Crippen molar-refractivity contribution in [2.45, 2.75) is 32.9 Å². The van der Waals surface area contributed by atoms with Gasteiger partial charge in [0.25, 0.3) is 5.69 Å². The van der Waals surface area contributed by atoms with E-state index < -0.39 is 16.6 Å². The number of aromatic nitrogens is 2. The third-order valence-corrected chi connectivity index (χ3v) is 2.83. The number of rotatable bonds is 3. The van der Waals surface area contributed by atoms with Crippen molar-refractivity contribution in [3.63, 3.8) is 0 Å². The maximum atomic E-state index is 11.9. The molecule has 1 N–H and O–H groups in total. The van der Waals surface area contributed by atoms with E-state index in [0.29, 0.717) is 11.3 Å². The maximum absolute atomic E-state index is 11.9. The number of fused-ring (bicyclic) bond motifs is 1. The van der Waals surface area contributed by atoms with Gasteiger partial charge in [-0.05, 0) is 26.8 Å². The van der Waals surface area contributed by atoms with Crippen molar-refractivity contribution in [3.05, 3.63) is 34.1 Å². The molecule has 118 valence electrons. The zero-order chi connectivity index (χ0) is 16.5. The second-order valence-corrected chi connectivity index (χ2v) is 5.95. The monoisotopic (exact) mass is 306 g/mol. The highest BCUT2D eigenvalue weighted by Crippen LogP contribution is 2.23. The van der Waals surface area contributed by atoms with Crippen molar-refractivity contribution in [2.24, 2.45) is 0 Å². The lowest BCUT2D eigenvalue weighted by atomic mass is 10.2. The average molecular weight is 306 g/mol. The summed E-state index contributed by atoms with van der Waals surface area (Å²) in [7, 11) is 1.58. The van der Waals surface area contributed by atoms with E-state index in [-0.39, 0.29) is 17.7 Å². The van der Waals surface area contributed by atoms with E-state index >= 15 is 0 Å². The van der Waals surface area contributed by atoms with Gasteiger partial charge in [-0.1, -0.05) is 6.07 Å². The molecule has 0 atom stereocenters. The van der Waals surface area contributed by atoms with Crippen molar-refractivity contribution >= 4 is 22.8 Å². The highest BCUT2D eigenvalue weighted by molar-refractivity contribution is 5.84. The number of non-ortho nitro benzene ring substituents is 1. The molecule has 2 rings (SSSR count).